The van der Waals surface area contributed by atoms with Gasteiger partial charge in [-0.3, -0.25) is 4.79 Å². The molecule has 7 nitrogen and oxygen atoms in total. The fourth-order valence-corrected chi connectivity index (χ4v) is 2.23. The lowest BCUT2D eigenvalue weighted by Gasteiger charge is -2.15. The van der Waals surface area contributed by atoms with Gasteiger partial charge in [-0.1, -0.05) is 25.1 Å². The zero-order valence-corrected chi connectivity index (χ0v) is 15.8. The topological polar surface area (TPSA) is 97.7 Å². The van der Waals surface area contributed by atoms with Gasteiger partial charge in [0.1, 0.15) is 0 Å². The van der Waals surface area contributed by atoms with Gasteiger partial charge in [-0.15, -0.1) is 0 Å². The Hall–Kier alpha value is -3.53. The average Bonchev–Trinajstić information content (AvgIpc) is 2.71. The number of nitrogens with zero attached hydrogens (tertiary/aromatic N) is 1. The lowest BCUT2D eigenvalue weighted by atomic mass is 10.2. The molecule has 146 valence electrons. The van der Waals surface area contributed by atoms with Crippen LogP contribution in [0.1, 0.15) is 25.8 Å². The normalized spacial score (nSPS) is 11.0. The van der Waals surface area contributed by atoms with Gasteiger partial charge in [-0.05, 0) is 43.7 Å². The molecule has 7 heteroatoms. The number of carbonyl (C=O) groups excluding carboxylic acids is 2. The number of amides is 1. The molecular weight excluding hydrogens is 360 g/mol. The highest BCUT2D eigenvalue weighted by Crippen LogP contribution is 2.26. The van der Waals surface area contributed by atoms with E-state index in [1.54, 1.807) is 36.4 Å². The van der Waals surface area contributed by atoms with E-state index >= 15 is 0 Å². The summed E-state index contributed by atoms with van der Waals surface area (Å²) in [5, 5.41) is 11.5. The van der Waals surface area contributed by atoms with Crippen LogP contribution in [0.2, 0.25) is 0 Å². The number of hydrogen-bond donors (Lipinski definition) is 1. The molecule has 0 fully saturated rings. The molecule has 0 bridgehead atoms. The predicted octanol–water partition coefficient (Wildman–Crippen LogP) is 3.30. The second kappa shape index (κ2) is 10.6. The molecule has 2 rings (SSSR count). The van der Waals surface area contributed by atoms with E-state index in [1.807, 2.05) is 19.1 Å². The SMILES string of the molecule is CCCOc1ccccc1OCC(=O)O[C@@H](C)C(=O)Nc1cccc(C#N)c1. The Morgan fingerprint density at radius 1 is 1.11 bits per heavy atom. The molecule has 2 aromatic carbocycles. The van der Waals surface area contributed by atoms with Crippen LogP contribution >= 0.6 is 0 Å². The smallest absolute Gasteiger partial charge is 0.344 e. The van der Waals surface area contributed by atoms with E-state index in [9.17, 15) is 9.59 Å². The number of ether oxygens (including phenoxy) is 3. The molecule has 0 radical (unpaired) electrons. The highest BCUT2D eigenvalue weighted by Gasteiger charge is 2.19. The third-order valence-electron chi connectivity index (χ3n) is 3.59. The maximum absolute atomic E-state index is 12.2. The molecule has 0 aliphatic carbocycles. The van der Waals surface area contributed by atoms with Crippen molar-refractivity contribution in [3.63, 3.8) is 0 Å². The van der Waals surface area contributed by atoms with Crippen molar-refractivity contribution in [3.8, 4) is 17.6 Å². The van der Waals surface area contributed by atoms with Crippen LogP contribution in [-0.4, -0.2) is 31.2 Å². The van der Waals surface area contributed by atoms with Gasteiger partial charge in [-0.2, -0.15) is 5.26 Å². The number of rotatable bonds is 9. The van der Waals surface area contributed by atoms with Crippen LogP contribution in [0.15, 0.2) is 48.5 Å². The summed E-state index contributed by atoms with van der Waals surface area (Å²) in [5.41, 5.74) is 0.866. The average molecular weight is 382 g/mol. The largest absolute Gasteiger partial charge is 0.490 e. The minimum Gasteiger partial charge on any atom is -0.490 e. The first-order valence-corrected chi connectivity index (χ1v) is 8.88. The van der Waals surface area contributed by atoms with Crippen molar-refractivity contribution in [2.45, 2.75) is 26.4 Å². The lowest BCUT2D eigenvalue weighted by Crippen LogP contribution is -2.31. The van der Waals surface area contributed by atoms with Crippen molar-refractivity contribution in [1.82, 2.24) is 0 Å². The number of anilines is 1. The summed E-state index contributed by atoms with van der Waals surface area (Å²) in [6.07, 6.45) is -0.172. The molecule has 1 atom stereocenters. The number of nitriles is 1. The predicted molar refractivity (Wildman–Crippen MR) is 103 cm³/mol. The zero-order chi connectivity index (χ0) is 20.4. The Bertz CT molecular complexity index is 860. The molecule has 0 aliphatic rings. The monoisotopic (exact) mass is 382 g/mol. The first kappa shape index (κ1) is 20.8. The molecule has 0 saturated heterocycles. The van der Waals surface area contributed by atoms with Crippen molar-refractivity contribution < 1.29 is 23.8 Å². The summed E-state index contributed by atoms with van der Waals surface area (Å²) < 4.78 is 16.1. The van der Waals surface area contributed by atoms with Gasteiger partial charge in [0.15, 0.2) is 24.2 Å². The molecule has 1 amide bonds. The fourth-order valence-electron chi connectivity index (χ4n) is 2.23. The van der Waals surface area contributed by atoms with Gasteiger partial charge in [0.25, 0.3) is 5.91 Å². The van der Waals surface area contributed by atoms with Gasteiger partial charge in [0.2, 0.25) is 0 Å². The van der Waals surface area contributed by atoms with Crippen molar-refractivity contribution in [2.24, 2.45) is 0 Å². The molecule has 0 heterocycles. The maximum atomic E-state index is 12.2. The minimum absolute atomic E-state index is 0.353. The molecule has 0 aromatic heterocycles. The number of para-hydroxylation sites is 2. The summed E-state index contributed by atoms with van der Waals surface area (Å²) in [7, 11) is 0. The molecule has 0 spiro atoms. The Kier molecular flexibility index (Phi) is 7.85. The van der Waals surface area contributed by atoms with Crippen LogP contribution in [-0.2, 0) is 14.3 Å². The minimum atomic E-state index is -1.02. The molecular formula is C21H22N2O5. The molecule has 1 N–H and O–H groups in total. The van der Waals surface area contributed by atoms with Gasteiger partial charge >= 0.3 is 5.97 Å². The summed E-state index contributed by atoms with van der Waals surface area (Å²) in [6.45, 7) is 3.63. The van der Waals surface area contributed by atoms with E-state index in [2.05, 4.69) is 5.32 Å². The Morgan fingerprint density at radius 3 is 2.50 bits per heavy atom. The van der Waals surface area contributed by atoms with Crippen LogP contribution < -0.4 is 14.8 Å². The van der Waals surface area contributed by atoms with Crippen molar-refractivity contribution >= 4 is 17.6 Å². The molecule has 2 aromatic rings. The molecule has 0 unspecified atom stereocenters. The Balaban J connectivity index is 1.85. The van der Waals surface area contributed by atoms with Gasteiger partial charge in [0, 0.05) is 5.69 Å². The van der Waals surface area contributed by atoms with E-state index in [1.165, 1.54) is 13.0 Å². The second-order valence-electron chi connectivity index (χ2n) is 5.90. The van der Waals surface area contributed by atoms with Crippen molar-refractivity contribution in [1.29, 1.82) is 5.26 Å². The molecule has 0 saturated carbocycles. The number of benzene rings is 2. The summed E-state index contributed by atoms with van der Waals surface area (Å²) in [4.78, 5) is 24.2. The van der Waals surface area contributed by atoms with Crippen LogP contribution in [0.25, 0.3) is 0 Å². The summed E-state index contributed by atoms with van der Waals surface area (Å²) in [6, 6.07) is 15.5. The first-order valence-electron chi connectivity index (χ1n) is 8.88. The van der Waals surface area contributed by atoms with Crippen LogP contribution in [0, 0.1) is 11.3 Å². The van der Waals surface area contributed by atoms with Gasteiger partial charge in [-0.25, -0.2) is 4.79 Å². The number of hydrogen-bond acceptors (Lipinski definition) is 6. The third kappa shape index (κ3) is 6.32. The fraction of sp³-hybridized carbons (Fsp3) is 0.286. The standard InChI is InChI=1S/C21H22N2O5/c1-3-11-26-18-9-4-5-10-19(18)27-14-20(24)28-15(2)21(25)23-17-8-6-7-16(12-17)13-22/h4-10,12,15H,3,11,14H2,1-2H3,(H,23,25)/t15-/m0/s1. The highest BCUT2D eigenvalue weighted by atomic mass is 16.6. The maximum Gasteiger partial charge on any atom is 0.344 e. The van der Waals surface area contributed by atoms with Crippen LogP contribution in [0.5, 0.6) is 11.5 Å². The Morgan fingerprint density at radius 2 is 1.82 bits per heavy atom. The first-order chi connectivity index (χ1) is 13.5. The lowest BCUT2D eigenvalue weighted by molar-refractivity contribution is -0.155. The zero-order valence-electron chi connectivity index (χ0n) is 15.8. The third-order valence-corrected chi connectivity index (χ3v) is 3.59. The number of nitrogens with one attached hydrogen (secondary N) is 1. The number of esters is 1. The second-order valence-corrected chi connectivity index (χ2v) is 5.90. The van der Waals surface area contributed by atoms with Crippen molar-refractivity contribution in [2.75, 3.05) is 18.5 Å². The van der Waals surface area contributed by atoms with E-state index in [0.717, 1.165) is 6.42 Å². The Labute approximate surface area is 163 Å². The highest BCUT2D eigenvalue weighted by molar-refractivity contribution is 5.95. The molecule has 28 heavy (non-hydrogen) atoms. The van der Waals surface area contributed by atoms with Crippen LogP contribution in [0.3, 0.4) is 0 Å². The van der Waals surface area contributed by atoms with Crippen molar-refractivity contribution in [3.05, 3.63) is 54.1 Å². The van der Waals surface area contributed by atoms with E-state index in [4.69, 9.17) is 19.5 Å². The number of carbonyl (C=O) groups is 2. The van der Waals surface area contributed by atoms with E-state index < -0.39 is 18.0 Å². The van der Waals surface area contributed by atoms with E-state index in [0.29, 0.717) is 29.4 Å². The summed E-state index contributed by atoms with van der Waals surface area (Å²) >= 11 is 0. The van der Waals surface area contributed by atoms with Gasteiger partial charge in [0.05, 0.1) is 18.2 Å². The van der Waals surface area contributed by atoms with Crippen LogP contribution in [0.4, 0.5) is 5.69 Å². The van der Waals surface area contributed by atoms with E-state index in [-0.39, 0.29) is 6.61 Å². The molecule has 0 aliphatic heterocycles. The summed E-state index contributed by atoms with van der Waals surface area (Å²) in [5.74, 6) is -0.215. The quantitative estimate of drug-likeness (QED) is 0.668. The van der Waals surface area contributed by atoms with Gasteiger partial charge < -0.3 is 19.5 Å².